The summed E-state index contributed by atoms with van der Waals surface area (Å²) in [6, 6.07) is 11.5. The molecule has 5 heterocycles. The van der Waals surface area contributed by atoms with Gasteiger partial charge >= 0.3 is 0 Å². The maximum absolute atomic E-state index is 12.0. The van der Waals surface area contributed by atoms with Crippen LogP contribution in [0.25, 0.3) is 11.2 Å². The molecule has 180 valence electrons. The quantitative estimate of drug-likeness (QED) is 0.392. The van der Waals surface area contributed by atoms with Crippen LogP contribution in [0.1, 0.15) is 26.2 Å². The number of hydrogen-bond acceptors (Lipinski definition) is 8. The molecule has 0 unspecified atom stereocenters. The van der Waals surface area contributed by atoms with Crippen LogP contribution < -0.4 is 21.1 Å². The Kier molecular flexibility index (Phi) is 5.18. The number of β-amino-alcohol motifs (C(OH)–C–C–N with tert-alkyl or cyclic N) is 1. The number of aromatic nitrogens is 5. The normalized spacial score (nSPS) is 21.1. The molecule has 10 nitrogen and oxygen atoms in total. The van der Waals surface area contributed by atoms with Crippen molar-refractivity contribution in [3.63, 3.8) is 0 Å². The molecule has 2 fully saturated rings. The van der Waals surface area contributed by atoms with Gasteiger partial charge in [0.25, 0.3) is 5.56 Å². The summed E-state index contributed by atoms with van der Waals surface area (Å²) in [4.78, 5) is 23.1. The van der Waals surface area contributed by atoms with Crippen molar-refractivity contribution in [2.75, 3.05) is 28.6 Å². The van der Waals surface area contributed by atoms with Crippen LogP contribution in [-0.2, 0) is 0 Å². The molecule has 1 aliphatic heterocycles. The number of hydrogen-bond donors (Lipinski definition) is 3. The summed E-state index contributed by atoms with van der Waals surface area (Å²) < 4.78 is 3.41. The highest BCUT2D eigenvalue weighted by atomic mass is 16.3. The zero-order valence-electron chi connectivity index (χ0n) is 19.5. The fourth-order valence-corrected chi connectivity index (χ4v) is 4.98. The average molecular weight is 473 g/mol. The van der Waals surface area contributed by atoms with Gasteiger partial charge in [0, 0.05) is 37.4 Å². The van der Waals surface area contributed by atoms with Crippen molar-refractivity contribution in [1.82, 2.24) is 24.1 Å². The van der Waals surface area contributed by atoms with Gasteiger partial charge in [-0.25, -0.2) is 14.5 Å². The molecule has 4 aromatic rings. The van der Waals surface area contributed by atoms with E-state index in [1.54, 1.807) is 23.0 Å². The van der Waals surface area contributed by atoms with Crippen molar-refractivity contribution >= 4 is 23.0 Å². The van der Waals surface area contributed by atoms with Crippen molar-refractivity contribution in [3.8, 4) is 5.69 Å². The van der Waals surface area contributed by atoms with Crippen molar-refractivity contribution < 1.29 is 5.11 Å². The van der Waals surface area contributed by atoms with Gasteiger partial charge < -0.3 is 20.6 Å². The number of rotatable bonds is 6. The lowest BCUT2D eigenvalue weighted by Crippen LogP contribution is -2.60. The molecule has 0 amide bonds. The molecular weight excluding hydrogens is 444 g/mol. The Morgan fingerprint density at radius 1 is 1.03 bits per heavy atom. The van der Waals surface area contributed by atoms with Gasteiger partial charge in [0.05, 0.1) is 41.1 Å². The number of fused-ring (bicyclic) bond motifs is 1. The molecule has 0 bridgehead atoms. The first-order valence-corrected chi connectivity index (χ1v) is 11.9. The Hall–Kier alpha value is -3.92. The van der Waals surface area contributed by atoms with Crippen molar-refractivity contribution in [3.05, 3.63) is 71.5 Å². The van der Waals surface area contributed by atoms with E-state index in [4.69, 9.17) is 0 Å². The Labute approximate surface area is 202 Å². The number of aliphatic hydroxyl groups is 1. The summed E-state index contributed by atoms with van der Waals surface area (Å²) in [6.07, 6.45) is 10.2. The summed E-state index contributed by atoms with van der Waals surface area (Å²) in [5.41, 5.74) is 2.02. The number of nitrogens with zero attached hydrogens (tertiary/aromatic N) is 6. The Balaban J connectivity index is 1.06. The van der Waals surface area contributed by atoms with E-state index in [1.807, 2.05) is 48.1 Å². The predicted molar refractivity (Wildman–Crippen MR) is 134 cm³/mol. The summed E-state index contributed by atoms with van der Waals surface area (Å²) in [5, 5.41) is 21.6. The van der Waals surface area contributed by atoms with Gasteiger partial charge in [0.2, 0.25) is 5.95 Å². The third-order valence-electron chi connectivity index (χ3n) is 6.73. The first-order valence-electron chi connectivity index (χ1n) is 11.9. The van der Waals surface area contributed by atoms with Gasteiger partial charge in [0.15, 0.2) is 0 Å². The van der Waals surface area contributed by atoms with Gasteiger partial charge in [-0.2, -0.15) is 0 Å². The molecule has 1 aliphatic carbocycles. The molecule has 1 saturated carbocycles. The van der Waals surface area contributed by atoms with Crippen molar-refractivity contribution in [1.29, 1.82) is 0 Å². The second-order valence-electron chi connectivity index (χ2n) is 9.81. The number of nitrogens with one attached hydrogen (secondary N) is 2. The second kappa shape index (κ2) is 8.38. The van der Waals surface area contributed by atoms with Crippen LogP contribution in [0.15, 0.2) is 66.0 Å². The largest absolute Gasteiger partial charge is 0.386 e. The Bertz CT molecular complexity index is 1400. The van der Waals surface area contributed by atoms with Gasteiger partial charge in [-0.1, -0.05) is 6.07 Å². The van der Waals surface area contributed by atoms with Crippen LogP contribution in [-0.4, -0.2) is 60.0 Å². The van der Waals surface area contributed by atoms with E-state index >= 15 is 0 Å². The molecule has 2 atom stereocenters. The molecule has 0 spiro atoms. The van der Waals surface area contributed by atoms with E-state index in [0.717, 1.165) is 42.0 Å². The van der Waals surface area contributed by atoms with Crippen LogP contribution in [0.3, 0.4) is 0 Å². The topological polar surface area (TPSA) is 113 Å². The fourth-order valence-electron chi connectivity index (χ4n) is 4.98. The fraction of sp³-hybridized carbons (Fsp3) is 0.360. The number of anilines is 3. The zero-order valence-corrected chi connectivity index (χ0v) is 19.5. The third-order valence-corrected chi connectivity index (χ3v) is 6.73. The van der Waals surface area contributed by atoms with Crippen molar-refractivity contribution in [2.24, 2.45) is 0 Å². The summed E-state index contributed by atoms with van der Waals surface area (Å²) >= 11 is 0. The molecule has 6 rings (SSSR count). The molecule has 35 heavy (non-hydrogen) atoms. The first-order chi connectivity index (χ1) is 16.9. The van der Waals surface area contributed by atoms with Crippen LogP contribution in [0.2, 0.25) is 0 Å². The summed E-state index contributed by atoms with van der Waals surface area (Å²) in [7, 11) is 0. The Morgan fingerprint density at radius 3 is 2.60 bits per heavy atom. The Morgan fingerprint density at radius 2 is 1.86 bits per heavy atom. The second-order valence-corrected chi connectivity index (χ2v) is 9.81. The third kappa shape index (κ3) is 4.44. The average Bonchev–Trinajstić information content (AvgIpc) is 3.45. The van der Waals surface area contributed by atoms with Gasteiger partial charge in [-0.15, -0.1) is 5.10 Å². The van der Waals surface area contributed by atoms with Gasteiger partial charge in [-0.05, 0) is 50.5 Å². The summed E-state index contributed by atoms with van der Waals surface area (Å²) in [5.74, 6) is 1.41. The summed E-state index contributed by atoms with van der Waals surface area (Å²) in [6.45, 7) is 3.10. The van der Waals surface area contributed by atoms with E-state index in [0.29, 0.717) is 25.1 Å². The van der Waals surface area contributed by atoms with Gasteiger partial charge in [0.1, 0.15) is 5.82 Å². The van der Waals surface area contributed by atoms with Crippen LogP contribution in [0.4, 0.5) is 17.5 Å². The molecular formula is C25H28N8O2. The van der Waals surface area contributed by atoms with Crippen molar-refractivity contribution in [2.45, 2.75) is 43.9 Å². The van der Waals surface area contributed by atoms with E-state index < -0.39 is 5.60 Å². The van der Waals surface area contributed by atoms with E-state index in [2.05, 4.69) is 30.6 Å². The minimum atomic E-state index is -0.613. The predicted octanol–water partition coefficient (Wildman–Crippen LogP) is 2.29. The highest BCUT2D eigenvalue weighted by Gasteiger charge is 2.37. The van der Waals surface area contributed by atoms with Gasteiger partial charge in [-0.3, -0.25) is 9.36 Å². The maximum atomic E-state index is 12.0. The first kappa shape index (κ1) is 21.6. The molecule has 0 aromatic carbocycles. The number of pyridine rings is 2. The smallest absolute Gasteiger partial charge is 0.255 e. The molecule has 3 N–H and O–H groups in total. The lowest BCUT2D eigenvalue weighted by molar-refractivity contribution is 0.0310. The zero-order chi connectivity index (χ0) is 24.0. The monoisotopic (exact) mass is 472 g/mol. The molecule has 4 aromatic heterocycles. The van der Waals surface area contributed by atoms with Crippen LogP contribution in [0.5, 0.6) is 0 Å². The molecule has 2 aliphatic rings. The molecule has 1 saturated heterocycles. The molecule has 10 heteroatoms. The highest BCUT2D eigenvalue weighted by molar-refractivity contribution is 5.62. The minimum Gasteiger partial charge on any atom is -0.386 e. The highest BCUT2D eigenvalue weighted by Crippen LogP contribution is 2.29. The SMILES string of the molecule is CC1(O)CN(c2cc3cnc(N[C@H]4CC[C@H](Nc5ccc(-n6ccccc6=O)cn5)C4)nn3c2)C1. The standard InChI is InChI=1S/C25H28N8O2/c1-25(35)15-31(16-25)21-11-20-13-27-24(30-33(20)14-21)29-18-6-5-17(10-18)28-22-8-7-19(12-26-22)32-9-3-2-4-23(32)34/h2-4,7-9,11-14,17-18,35H,5-6,10,15-16H2,1H3,(H,26,28)(H,29,30)/t17-,18-/m0/s1. The van der Waals surface area contributed by atoms with Crippen LogP contribution >= 0.6 is 0 Å². The lowest BCUT2D eigenvalue weighted by Gasteiger charge is -2.45. The maximum Gasteiger partial charge on any atom is 0.255 e. The van der Waals surface area contributed by atoms with E-state index in [1.165, 1.54) is 6.07 Å². The molecule has 0 radical (unpaired) electrons. The van der Waals surface area contributed by atoms with Crippen LogP contribution in [0, 0.1) is 0 Å². The minimum absolute atomic E-state index is 0.0787. The lowest BCUT2D eigenvalue weighted by atomic mass is 9.97. The van der Waals surface area contributed by atoms with E-state index in [9.17, 15) is 9.90 Å². The van der Waals surface area contributed by atoms with E-state index in [-0.39, 0.29) is 11.6 Å².